The van der Waals surface area contributed by atoms with E-state index in [1.165, 1.54) is 0 Å². The zero-order valence-electron chi connectivity index (χ0n) is 13.7. The first-order valence-corrected chi connectivity index (χ1v) is 9.25. The van der Waals surface area contributed by atoms with Gasteiger partial charge in [-0.15, -0.1) is 11.8 Å². The van der Waals surface area contributed by atoms with Crippen molar-refractivity contribution in [1.29, 1.82) is 0 Å². The van der Waals surface area contributed by atoms with Gasteiger partial charge in [-0.1, -0.05) is 32.0 Å². The molecule has 0 saturated heterocycles. The summed E-state index contributed by atoms with van der Waals surface area (Å²) in [6.45, 7) is 6.45. The Labute approximate surface area is 137 Å². The quantitative estimate of drug-likeness (QED) is 0.909. The second-order valence-electron chi connectivity index (χ2n) is 7.51. The van der Waals surface area contributed by atoms with Crippen molar-refractivity contribution in [2.75, 3.05) is 0 Å². The van der Waals surface area contributed by atoms with E-state index in [9.17, 15) is 9.90 Å². The second-order valence-corrected chi connectivity index (χ2v) is 8.72. The van der Waals surface area contributed by atoms with Gasteiger partial charge < -0.3 is 5.11 Å². The van der Waals surface area contributed by atoms with E-state index in [1.54, 1.807) is 11.8 Å². The molecule has 3 heteroatoms. The van der Waals surface area contributed by atoms with E-state index in [4.69, 9.17) is 0 Å². The molecule has 1 aromatic carbocycles. The SMILES string of the molecule is CC(C)C1CCC(C)(O)C2CC(=O)C(Sc3ccccc3)C12. The minimum Gasteiger partial charge on any atom is -0.390 e. The number of carbonyl (C=O) groups is 1. The Morgan fingerprint density at radius 2 is 1.95 bits per heavy atom. The third-order valence-corrected chi connectivity index (χ3v) is 7.07. The van der Waals surface area contributed by atoms with Gasteiger partial charge in [-0.25, -0.2) is 0 Å². The standard InChI is InChI=1S/C19H26O2S/c1-12(2)14-9-10-19(3,21)15-11-16(20)18(17(14)15)22-13-7-5-4-6-8-13/h4-8,12,14-15,17-18,21H,9-11H2,1-3H3. The Morgan fingerprint density at radius 3 is 2.59 bits per heavy atom. The van der Waals surface area contributed by atoms with Crippen LogP contribution in [0.1, 0.15) is 40.0 Å². The normalized spacial score (nSPS) is 38.3. The molecule has 0 radical (unpaired) electrons. The number of hydrogen-bond acceptors (Lipinski definition) is 3. The Kier molecular flexibility index (Phi) is 4.39. The molecule has 22 heavy (non-hydrogen) atoms. The number of thioether (sulfide) groups is 1. The summed E-state index contributed by atoms with van der Waals surface area (Å²) < 4.78 is 0. The molecule has 2 nitrogen and oxygen atoms in total. The Hall–Kier alpha value is -0.800. The summed E-state index contributed by atoms with van der Waals surface area (Å²) in [5, 5.41) is 10.8. The monoisotopic (exact) mass is 318 g/mol. The highest BCUT2D eigenvalue weighted by Gasteiger charge is 2.55. The van der Waals surface area contributed by atoms with Crippen molar-refractivity contribution in [3.05, 3.63) is 30.3 Å². The number of rotatable bonds is 3. The first kappa shape index (κ1) is 16.1. The number of carbonyl (C=O) groups excluding carboxylic acids is 1. The smallest absolute Gasteiger partial charge is 0.146 e. The van der Waals surface area contributed by atoms with Crippen LogP contribution in [0.15, 0.2) is 35.2 Å². The zero-order chi connectivity index (χ0) is 15.9. The molecule has 5 atom stereocenters. The van der Waals surface area contributed by atoms with E-state index in [1.807, 2.05) is 25.1 Å². The van der Waals surface area contributed by atoms with E-state index in [2.05, 4.69) is 26.0 Å². The van der Waals surface area contributed by atoms with Gasteiger partial charge in [-0.3, -0.25) is 4.79 Å². The first-order chi connectivity index (χ1) is 10.4. The minimum atomic E-state index is -0.683. The summed E-state index contributed by atoms with van der Waals surface area (Å²) in [7, 11) is 0. The third-order valence-electron chi connectivity index (χ3n) is 5.69. The van der Waals surface area contributed by atoms with Crippen molar-refractivity contribution in [2.24, 2.45) is 23.7 Å². The molecule has 1 aromatic rings. The summed E-state index contributed by atoms with van der Waals surface area (Å²) in [6.07, 6.45) is 2.41. The van der Waals surface area contributed by atoms with E-state index < -0.39 is 5.60 Å². The van der Waals surface area contributed by atoms with E-state index >= 15 is 0 Å². The third kappa shape index (κ3) is 2.85. The fourth-order valence-electron chi connectivity index (χ4n) is 4.46. The molecular weight excluding hydrogens is 292 g/mol. The number of hydrogen-bond donors (Lipinski definition) is 1. The zero-order valence-corrected chi connectivity index (χ0v) is 14.5. The number of aliphatic hydroxyl groups is 1. The highest BCUT2D eigenvalue weighted by atomic mass is 32.2. The summed E-state index contributed by atoms with van der Waals surface area (Å²) >= 11 is 1.71. The van der Waals surface area contributed by atoms with Crippen molar-refractivity contribution in [3.8, 4) is 0 Å². The molecule has 0 bridgehead atoms. The lowest BCUT2D eigenvalue weighted by molar-refractivity contribution is -0.118. The van der Waals surface area contributed by atoms with Gasteiger partial charge in [0, 0.05) is 11.3 Å². The maximum atomic E-state index is 12.7. The number of fused-ring (bicyclic) bond motifs is 1. The minimum absolute atomic E-state index is 0.00609. The van der Waals surface area contributed by atoms with E-state index in [-0.39, 0.29) is 11.2 Å². The van der Waals surface area contributed by atoms with Gasteiger partial charge in [-0.05, 0) is 55.6 Å². The van der Waals surface area contributed by atoms with Crippen LogP contribution in [0.2, 0.25) is 0 Å². The number of ketones is 1. The van der Waals surface area contributed by atoms with Crippen LogP contribution >= 0.6 is 11.8 Å². The average Bonchev–Trinajstić information content (AvgIpc) is 2.79. The van der Waals surface area contributed by atoms with Crippen LogP contribution in [0.5, 0.6) is 0 Å². The van der Waals surface area contributed by atoms with E-state index in [0.29, 0.717) is 30.0 Å². The Morgan fingerprint density at radius 1 is 1.27 bits per heavy atom. The van der Waals surface area contributed by atoms with Crippen molar-refractivity contribution in [1.82, 2.24) is 0 Å². The molecule has 0 aliphatic heterocycles. The van der Waals surface area contributed by atoms with Gasteiger partial charge in [0.1, 0.15) is 5.78 Å². The largest absolute Gasteiger partial charge is 0.390 e. The Bertz CT molecular complexity index is 538. The van der Waals surface area contributed by atoms with Crippen LogP contribution in [0.25, 0.3) is 0 Å². The van der Waals surface area contributed by atoms with Gasteiger partial charge >= 0.3 is 0 Å². The second kappa shape index (κ2) is 6.01. The lowest BCUT2D eigenvalue weighted by Crippen LogP contribution is -2.47. The summed E-state index contributed by atoms with van der Waals surface area (Å²) in [4.78, 5) is 13.8. The van der Waals surface area contributed by atoms with Crippen molar-refractivity contribution >= 4 is 17.5 Å². The van der Waals surface area contributed by atoms with Gasteiger partial charge in [0.25, 0.3) is 0 Å². The van der Waals surface area contributed by atoms with Crippen LogP contribution in [0, 0.1) is 23.7 Å². The van der Waals surface area contributed by atoms with Crippen molar-refractivity contribution in [3.63, 3.8) is 0 Å². The molecule has 0 heterocycles. The fourth-order valence-corrected chi connectivity index (χ4v) is 5.84. The van der Waals surface area contributed by atoms with Gasteiger partial charge in [0.2, 0.25) is 0 Å². The summed E-state index contributed by atoms with van der Waals surface area (Å²) in [6, 6.07) is 10.2. The van der Waals surface area contributed by atoms with Crippen LogP contribution in [0.3, 0.4) is 0 Å². The maximum Gasteiger partial charge on any atom is 0.146 e. The first-order valence-electron chi connectivity index (χ1n) is 8.37. The molecule has 5 unspecified atom stereocenters. The lowest BCUT2D eigenvalue weighted by Gasteiger charge is -2.46. The maximum absolute atomic E-state index is 12.7. The van der Waals surface area contributed by atoms with Crippen molar-refractivity contribution in [2.45, 2.75) is 55.8 Å². The molecule has 2 saturated carbocycles. The molecule has 2 aliphatic carbocycles. The highest BCUT2D eigenvalue weighted by Crippen LogP contribution is 2.54. The number of Topliss-reactive ketones (excluding diaryl/α,β-unsaturated/α-hetero) is 1. The van der Waals surface area contributed by atoms with Crippen LogP contribution in [-0.4, -0.2) is 21.7 Å². The Balaban J connectivity index is 1.90. The predicted octanol–water partition coefficient (Wildman–Crippen LogP) is 4.17. The molecule has 1 N–H and O–H groups in total. The van der Waals surface area contributed by atoms with Crippen LogP contribution in [-0.2, 0) is 4.79 Å². The molecule has 0 aromatic heterocycles. The molecule has 3 rings (SSSR count). The molecule has 2 fully saturated rings. The molecule has 0 spiro atoms. The van der Waals surface area contributed by atoms with Gasteiger partial charge in [-0.2, -0.15) is 0 Å². The average molecular weight is 318 g/mol. The van der Waals surface area contributed by atoms with Crippen molar-refractivity contribution < 1.29 is 9.90 Å². The predicted molar refractivity (Wildman–Crippen MR) is 90.9 cm³/mol. The summed E-state index contributed by atoms with van der Waals surface area (Å²) in [5.41, 5.74) is -0.683. The number of benzene rings is 1. The molecule has 0 amide bonds. The topological polar surface area (TPSA) is 37.3 Å². The van der Waals surface area contributed by atoms with Crippen LogP contribution < -0.4 is 0 Å². The van der Waals surface area contributed by atoms with Crippen LogP contribution in [0.4, 0.5) is 0 Å². The highest BCUT2D eigenvalue weighted by molar-refractivity contribution is 8.00. The molecule has 120 valence electrons. The van der Waals surface area contributed by atoms with Gasteiger partial charge in [0.15, 0.2) is 0 Å². The lowest BCUT2D eigenvalue weighted by atomic mass is 9.63. The molecule has 2 aliphatic rings. The molecular formula is C19H26O2S. The fraction of sp³-hybridized carbons (Fsp3) is 0.632. The van der Waals surface area contributed by atoms with Gasteiger partial charge in [0.05, 0.1) is 10.9 Å². The van der Waals surface area contributed by atoms with E-state index in [0.717, 1.165) is 17.7 Å². The summed E-state index contributed by atoms with van der Waals surface area (Å²) in [5.74, 6) is 1.87.